The number of fused-ring (bicyclic) bond motifs is 2. The highest BCUT2D eigenvalue weighted by atomic mass is 32.1. The first-order valence-electron chi connectivity index (χ1n) is 5.58. The van der Waals surface area contributed by atoms with E-state index in [1.54, 1.807) is 0 Å². The maximum Gasteiger partial charge on any atom is 0.219 e. The molecule has 0 N–H and O–H groups in total. The fraction of sp³-hybridized carbons (Fsp3) is 0.917. The second kappa shape index (κ2) is 2.94. The van der Waals surface area contributed by atoms with Gasteiger partial charge < -0.3 is 0 Å². The molecule has 2 aliphatic carbocycles. The van der Waals surface area contributed by atoms with Crippen molar-refractivity contribution >= 4 is 17.7 Å². The van der Waals surface area contributed by atoms with Crippen molar-refractivity contribution in [2.45, 2.75) is 46.5 Å². The third kappa shape index (κ3) is 1.16. The van der Waals surface area contributed by atoms with Crippen LogP contribution in [0.15, 0.2) is 0 Å². The van der Waals surface area contributed by atoms with Crippen molar-refractivity contribution in [1.29, 1.82) is 0 Å². The summed E-state index contributed by atoms with van der Waals surface area (Å²) in [4.78, 5) is 11.0. The molecule has 2 aliphatic rings. The van der Waals surface area contributed by atoms with Crippen LogP contribution >= 0.6 is 12.6 Å². The summed E-state index contributed by atoms with van der Waals surface area (Å²) in [5, 5.41) is -0.0421. The van der Waals surface area contributed by atoms with Crippen molar-refractivity contribution in [3.8, 4) is 0 Å². The van der Waals surface area contributed by atoms with E-state index in [2.05, 4.69) is 20.8 Å². The van der Waals surface area contributed by atoms with Crippen molar-refractivity contribution in [2.24, 2.45) is 22.7 Å². The van der Waals surface area contributed by atoms with Gasteiger partial charge in [0, 0.05) is 6.42 Å². The first-order valence-corrected chi connectivity index (χ1v) is 5.98. The maximum atomic E-state index is 11.0. The molecule has 0 aromatic carbocycles. The fourth-order valence-electron chi connectivity index (χ4n) is 3.88. The summed E-state index contributed by atoms with van der Waals surface area (Å²) < 4.78 is 0. The van der Waals surface area contributed by atoms with Crippen LogP contribution < -0.4 is 0 Å². The largest absolute Gasteiger partial charge is 0.282 e. The molecule has 2 saturated carbocycles. The van der Waals surface area contributed by atoms with Crippen molar-refractivity contribution in [1.82, 2.24) is 0 Å². The van der Waals surface area contributed by atoms with Gasteiger partial charge in [-0.1, -0.05) is 20.8 Å². The molecule has 2 bridgehead atoms. The molecule has 1 radical (unpaired) electrons. The zero-order valence-electron chi connectivity index (χ0n) is 9.30. The standard InChI is InChI=1S/C12H19OS/c1-11(2)8-4-5-12(11,3)9(6-8)7-10(13)14/h8-9H,4-7H2,1-3H3. The summed E-state index contributed by atoms with van der Waals surface area (Å²) in [6, 6.07) is 0. The average Bonchev–Trinajstić information content (AvgIpc) is 2.35. The fourth-order valence-corrected chi connectivity index (χ4v) is 4.08. The molecule has 0 saturated heterocycles. The molecule has 79 valence electrons. The second-order valence-corrected chi connectivity index (χ2v) is 6.34. The summed E-state index contributed by atoms with van der Waals surface area (Å²) in [6.07, 6.45) is 4.50. The first-order chi connectivity index (χ1) is 6.38. The van der Waals surface area contributed by atoms with Gasteiger partial charge in [0.15, 0.2) is 0 Å². The summed E-state index contributed by atoms with van der Waals surface area (Å²) in [6.45, 7) is 7.11. The Bertz CT molecular complexity index is 271. The number of hydrogen-bond acceptors (Lipinski definition) is 1. The highest BCUT2D eigenvalue weighted by Gasteiger charge is 2.61. The Balaban J connectivity index is 2.23. The van der Waals surface area contributed by atoms with Crippen LogP contribution in [-0.2, 0) is 4.79 Å². The topological polar surface area (TPSA) is 17.1 Å². The molecule has 0 spiro atoms. The quantitative estimate of drug-likeness (QED) is 0.682. The van der Waals surface area contributed by atoms with Gasteiger partial charge in [-0.05, 0) is 54.6 Å². The van der Waals surface area contributed by atoms with E-state index in [0.717, 1.165) is 5.92 Å². The van der Waals surface area contributed by atoms with E-state index < -0.39 is 0 Å². The highest BCUT2D eigenvalue weighted by molar-refractivity contribution is 7.96. The zero-order valence-corrected chi connectivity index (χ0v) is 10.1. The monoisotopic (exact) mass is 211 g/mol. The Morgan fingerprint density at radius 2 is 2.07 bits per heavy atom. The Kier molecular flexibility index (Phi) is 2.19. The molecule has 1 nitrogen and oxygen atoms in total. The van der Waals surface area contributed by atoms with Crippen LogP contribution in [0.4, 0.5) is 0 Å². The van der Waals surface area contributed by atoms with E-state index >= 15 is 0 Å². The minimum Gasteiger partial charge on any atom is -0.282 e. The molecule has 2 rings (SSSR count). The number of hydrogen-bond donors (Lipinski definition) is 0. The van der Waals surface area contributed by atoms with Gasteiger partial charge in [-0.15, -0.1) is 0 Å². The summed E-state index contributed by atoms with van der Waals surface area (Å²) >= 11 is 4.72. The van der Waals surface area contributed by atoms with Crippen LogP contribution in [0.5, 0.6) is 0 Å². The van der Waals surface area contributed by atoms with Crippen LogP contribution in [0.3, 0.4) is 0 Å². The van der Waals surface area contributed by atoms with Crippen LogP contribution in [0.1, 0.15) is 46.5 Å². The van der Waals surface area contributed by atoms with Crippen LogP contribution in [-0.4, -0.2) is 5.12 Å². The smallest absolute Gasteiger partial charge is 0.219 e. The summed E-state index contributed by atoms with van der Waals surface area (Å²) in [7, 11) is 0. The van der Waals surface area contributed by atoms with E-state index in [0.29, 0.717) is 23.2 Å². The Labute approximate surface area is 92.1 Å². The summed E-state index contributed by atoms with van der Waals surface area (Å²) in [5.41, 5.74) is 0.786. The van der Waals surface area contributed by atoms with Gasteiger partial charge in [-0.3, -0.25) is 4.79 Å². The van der Waals surface area contributed by atoms with Crippen molar-refractivity contribution in [3.05, 3.63) is 0 Å². The molecule has 2 heteroatoms. The molecular weight excluding hydrogens is 192 g/mol. The van der Waals surface area contributed by atoms with Gasteiger partial charge in [-0.2, -0.15) is 0 Å². The third-order valence-corrected chi connectivity index (χ3v) is 5.55. The van der Waals surface area contributed by atoms with Gasteiger partial charge in [0.2, 0.25) is 5.12 Å². The normalized spacial score (nSPS) is 44.2. The molecule has 0 aromatic heterocycles. The van der Waals surface area contributed by atoms with Gasteiger partial charge >= 0.3 is 0 Å². The van der Waals surface area contributed by atoms with Crippen molar-refractivity contribution in [2.75, 3.05) is 0 Å². The van der Waals surface area contributed by atoms with Gasteiger partial charge in [0.1, 0.15) is 0 Å². The molecule has 3 atom stereocenters. The first kappa shape index (κ1) is 10.4. The van der Waals surface area contributed by atoms with Gasteiger partial charge in [0.25, 0.3) is 0 Å². The SMILES string of the molecule is CC1(C)C2CCC1(C)C(CC(=O)[S])C2. The Morgan fingerprint density at radius 3 is 2.43 bits per heavy atom. The lowest BCUT2D eigenvalue weighted by molar-refractivity contribution is -0.112. The molecule has 0 heterocycles. The lowest BCUT2D eigenvalue weighted by Crippen LogP contribution is -2.32. The number of carbonyl (C=O) groups excluding carboxylic acids is 1. The van der Waals surface area contributed by atoms with E-state index in [1.165, 1.54) is 19.3 Å². The van der Waals surface area contributed by atoms with Crippen LogP contribution in [0.25, 0.3) is 0 Å². The highest BCUT2D eigenvalue weighted by Crippen LogP contribution is 2.68. The molecule has 2 fully saturated rings. The lowest BCUT2D eigenvalue weighted by Gasteiger charge is -2.39. The Hall–Kier alpha value is -0.110. The molecule has 0 amide bonds. The molecule has 14 heavy (non-hydrogen) atoms. The van der Waals surface area contributed by atoms with E-state index in [4.69, 9.17) is 12.6 Å². The van der Waals surface area contributed by atoms with Crippen molar-refractivity contribution < 1.29 is 4.79 Å². The molecule has 0 aromatic rings. The molecule has 0 aliphatic heterocycles. The maximum absolute atomic E-state index is 11.0. The minimum absolute atomic E-state index is 0.0421. The second-order valence-electron chi connectivity index (χ2n) is 5.88. The number of carbonyl (C=O) groups is 1. The van der Waals surface area contributed by atoms with Gasteiger partial charge in [0.05, 0.1) is 0 Å². The minimum atomic E-state index is -0.0421. The predicted octanol–water partition coefficient (Wildman–Crippen LogP) is 3.56. The number of rotatable bonds is 2. The lowest BCUT2D eigenvalue weighted by atomic mass is 9.66. The van der Waals surface area contributed by atoms with Crippen LogP contribution in [0, 0.1) is 22.7 Å². The zero-order chi connectivity index (χ0) is 10.6. The molecular formula is C12H19OS. The van der Waals surface area contributed by atoms with Gasteiger partial charge in [-0.25, -0.2) is 0 Å². The van der Waals surface area contributed by atoms with E-state index in [9.17, 15) is 4.79 Å². The summed E-state index contributed by atoms with van der Waals surface area (Å²) in [5.74, 6) is 1.38. The van der Waals surface area contributed by atoms with Crippen LogP contribution in [0.2, 0.25) is 0 Å². The molecule has 3 unspecified atom stereocenters. The van der Waals surface area contributed by atoms with Crippen molar-refractivity contribution in [3.63, 3.8) is 0 Å². The Morgan fingerprint density at radius 1 is 1.43 bits per heavy atom. The third-order valence-electron chi connectivity index (χ3n) is 5.39. The predicted molar refractivity (Wildman–Crippen MR) is 59.9 cm³/mol. The average molecular weight is 211 g/mol. The van der Waals surface area contributed by atoms with E-state index in [1.807, 2.05) is 0 Å². The van der Waals surface area contributed by atoms with E-state index in [-0.39, 0.29) is 5.12 Å².